The van der Waals surface area contributed by atoms with Gasteiger partial charge in [-0.1, -0.05) is 6.07 Å². The Morgan fingerprint density at radius 1 is 1.35 bits per heavy atom. The summed E-state index contributed by atoms with van der Waals surface area (Å²) in [6.45, 7) is 3.52. The fraction of sp³-hybridized carbons (Fsp3) is 0.429. The first-order valence-corrected chi connectivity index (χ1v) is 6.17. The molecule has 0 atom stereocenters. The Bertz CT molecular complexity index is 498. The molecule has 0 aromatic heterocycles. The molecule has 0 aliphatic heterocycles. The number of amides is 1. The number of likely N-dealkylation sites (N-methyl/N-ethyl adjacent to an activating group) is 1. The Kier molecular flexibility index (Phi) is 5.37. The van der Waals surface area contributed by atoms with Crippen molar-refractivity contribution in [2.75, 3.05) is 20.8 Å². The molecule has 1 rings (SSSR count). The molecular formula is C14H19NO5. The van der Waals surface area contributed by atoms with Crippen LogP contribution in [0.2, 0.25) is 0 Å². The third kappa shape index (κ3) is 3.63. The summed E-state index contributed by atoms with van der Waals surface area (Å²) >= 11 is 0. The van der Waals surface area contributed by atoms with Gasteiger partial charge in [0.1, 0.15) is 5.56 Å². The third-order valence-corrected chi connectivity index (χ3v) is 2.94. The number of para-hydroxylation sites is 1. The Labute approximate surface area is 117 Å². The van der Waals surface area contributed by atoms with E-state index in [4.69, 9.17) is 14.6 Å². The second kappa shape index (κ2) is 6.79. The standard InChI is InChI=1S/C14H19NO5/c1-9(2)15(3)12(16)8-20-13-10(14(17)18)6-5-7-11(13)19-4/h5-7,9H,8H2,1-4H3,(H,17,18). The molecule has 1 N–H and O–H groups in total. The zero-order valence-corrected chi connectivity index (χ0v) is 12.0. The first-order valence-electron chi connectivity index (χ1n) is 6.17. The van der Waals surface area contributed by atoms with Crippen LogP contribution >= 0.6 is 0 Å². The van der Waals surface area contributed by atoms with Crippen LogP contribution in [0.25, 0.3) is 0 Å². The summed E-state index contributed by atoms with van der Waals surface area (Å²) in [5, 5.41) is 9.12. The number of benzene rings is 1. The van der Waals surface area contributed by atoms with Gasteiger partial charge in [0.2, 0.25) is 0 Å². The first-order chi connectivity index (χ1) is 9.38. The van der Waals surface area contributed by atoms with E-state index in [-0.39, 0.29) is 35.6 Å². The molecule has 0 bridgehead atoms. The summed E-state index contributed by atoms with van der Waals surface area (Å²) in [6, 6.07) is 4.58. The van der Waals surface area contributed by atoms with Gasteiger partial charge < -0.3 is 19.5 Å². The number of rotatable bonds is 6. The van der Waals surface area contributed by atoms with E-state index in [0.29, 0.717) is 0 Å². The monoisotopic (exact) mass is 281 g/mol. The van der Waals surface area contributed by atoms with Crippen molar-refractivity contribution < 1.29 is 24.2 Å². The molecule has 20 heavy (non-hydrogen) atoms. The molecule has 0 saturated carbocycles. The quantitative estimate of drug-likeness (QED) is 0.857. The summed E-state index contributed by atoms with van der Waals surface area (Å²) in [4.78, 5) is 24.5. The van der Waals surface area contributed by atoms with Gasteiger partial charge in [-0.15, -0.1) is 0 Å². The number of ether oxygens (including phenoxy) is 2. The van der Waals surface area contributed by atoms with Crippen molar-refractivity contribution in [1.82, 2.24) is 4.90 Å². The molecule has 1 aromatic rings. The maximum absolute atomic E-state index is 11.9. The molecular weight excluding hydrogens is 262 g/mol. The second-order valence-corrected chi connectivity index (χ2v) is 4.53. The number of carbonyl (C=O) groups excluding carboxylic acids is 1. The van der Waals surface area contributed by atoms with E-state index >= 15 is 0 Å². The van der Waals surface area contributed by atoms with Gasteiger partial charge in [0.15, 0.2) is 18.1 Å². The minimum absolute atomic E-state index is 0.0376. The van der Waals surface area contributed by atoms with Gasteiger partial charge in [-0.3, -0.25) is 4.79 Å². The lowest BCUT2D eigenvalue weighted by Crippen LogP contribution is -2.36. The van der Waals surface area contributed by atoms with Crippen LogP contribution in [-0.2, 0) is 4.79 Å². The van der Waals surface area contributed by atoms with Gasteiger partial charge in [-0.2, -0.15) is 0 Å². The minimum atomic E-state index is -1.14. The van der Waals surface area contributed by atoms with Crippen LogP contribution in [0.4, 0.5) is 0 Å². The van der Waals surface area contributed by atoms with Crippen LogP contribution in [0, 0.1) is 0 Å². The van der Waals surface area contributed by atoms with Gasteiger partial charge in [-0.25, -0.2) is 4.79 Å². The number of carboxylic acids is 1. The fourth-order valence-electron chi connectivity index (χ4n) is 1.52. The molecule has 110 valence electrons. The molecule has 0 fully saturated rings. The van der Waals surface area contributed by atoms with E-state index in [9.17, 15) is 9.59 Å². The zero-order chi connectivity index (χ0) is 15.3. The highest BCUT2D eigenvalue weighted by Gasteiger charge is 2.19. The summed E-state index contributed by atoms with van der Waals surface area (Å²) in [7, 11) is 3.08. The molecule has 0 unspecified atom stereocenters. The van der Waals surface area contributed by atoms with Crippen LogP contribution < -0.4 is 9.47 Å². The molecule has 1 amide bonds. The average molecular weight is 281 g/mol. The predicted octanol–water partition coefficient (Wildman–Crippen LogP) is 1.64. The number of carbonyl (C=O) groups is 2. The second-order valence-electron chi connectivity index (χ2n) is 4.53. The highest BCUT2D eigenvalue weighted by molar-refractivity contribution is 5.92. The molecule has 1 aromatic carbocycles. The van der Waals surface area contributed by atoms with Crippen LogP contribution in [0.3, 0.4) is 0 Å². The zero-order valence-electron chi connectivity index (χ0n) is 12.0. The van der Waals surface area contributed by atoms with E-state index in [1.807, 2.05) is 13.8 Å². The SMILES string of the molecule is COc1cccc(C(=O)O)c1OCC(=O)N(C)C(C)C. The molecule has 6 heteroatoms. The lowest BCUT2D eigenvalue weighted by molar-refractivity contribution is -0.133. The maximum atomic E-state index is 11.9. The molecule has 0 spiro atoms. The maximum Gasteiger partial charge on any atom is 0.339 e. The lowest BCUT2D eigenvalue weighted by atomic mass is 10.2. The molecule has 0 aliphatic rings. The summed E-state index contributed by atoms with van der Waals surface area (Å²) in [5.41, 5.74) is -0.0376. The molecule has 0 radical (unpaired) electrons. The van der Waals surface area contributed by atoms with Crippen molar-refractivity contribution in [3.63, 3.8) is 0 Å². The van der Waals surface area contributed by atoms with E-state index in [0.717, 1.165) is 0 Å². The number of hydrogen-bond donors (Lipinski definition) is 1. The van der Waals surface area contributed by atoms with Crippen LogP contribution in [0.1, 0.15) is 24.2 Å². The van der Waals surface area contributed by atoms with E-state index < -0.39 is 5.97 Å². The fourth-order valence-corrected chi connectivity index (χ4v) is 1.52. The number of hydrogen-bond acceptors (Lipinski definition) is 4. The van der Waals surface area contributed by atoms with Crippen LogP contribution in [-0.4, -0.2) is 48.7 Å². The Hall–Kier alpha value is -2.24. The highest BCUT2D eigenvalue weighted by Crippen LogP contribution is 2.31. The number of methoxy groups -OCH3 is 1. The molecule has 0 saturated heterocycles. The average Bonchev–Trinajstić information content (AvgIpc) is 2.42. The summed E-state index contributed by atoms with van der Waals surface area (Å²) in [6.07, 6.45) is 0. The third-order valence-electron chi connectivity index (χ3n) is 2.94. The van der Waals surface area contributed by atoms with E-state index in [1.54, 1.807) is 19.2 Å². The van der Waals surface area contributed by atoms with Gasteiger partial charge in [-0.05, 0) is 26.0 Å². The normalized spacial score (nSPS) is 10.2. The molecule has 0 heterocycles. The van der Waals surface area contributed by atoms with Crippen molar-refractivity contribution in [3.05, 3.63) is 23.8 Å². The Morgan fingerprint density at radius 2 is 2.00 bits per heavy atom. The van der Waals surface area contributed by atoms with E-state index in [2.05, 4.69) is 0 Å². The Balaban J connectivity index is 2.91. The van der Waals surface area contributed by atoms with Crippen molar-refractivity contribution in [2.45, 2.75) is 19.9 Å². The highest BCUT2D eigenvalue weighted by atomic mass is 16.5. The minimum Gasteiger partial charge on any atom is -0.493 e. The van der Waals surface area contributed by atoms with Gasteiger partial charge in [0.25, 0.3) is 5.91 Å². The summed E-state index contributed by atoms with van der Waals surface area (Å²) < 4.78 is 10.4. The first kappa shape index (κ1) is 15.8. The summed E-state index contributed by atoms with van der Waals surface area (Å²) in [5.74, 6) is -1.02. The number of aromatic carboxylic acids is 1. The van der Waals surface area contributed by atoms with Crippen molar-refractivity contribution >= 4 is 11.9 Å². The predicted molar refractivity (Wildman–Crippen MR) is 73.4 cm³/mol. The number of carboxylic acid groups (broad SMARTS) is 1. The molecule has 0 aliphatic carbocycles. The van der Waals surface area contributed by atoms with Crippen molar-refractivity contribution in [2.24, 2.45) is 0 Å². The molecule has 6 nitrogen and oxygen atoms in total. The van der Waals surface area contributed by atoms with Gasteiger partial charge >= 0.3 is 5.97 Å². The topological polar surface area (TPSA) is 76.1 Å². The lowest BCUT2D eigenvalue weighted by Gasteiger charge is -2.22. The smallest absolute Gasteiger partial charge is 0.339 e. The van der Waals surface area contributed by atoms with Crippen LogP contribution in [0.5, 0.6) is 11.5 Å². The number of nitrogens with zero attached hydrogens (tertiary/aromatic N) is 1. The van der Waals surface area contributed by atoms with Crippen molar-refractivity contribution in [1.29, 1.82) is 0 Å². The largest absolute Gasteiger partial charge is 0.493 e. The Morgan fingerprint density at radius 3 is 2.50 bits per heavy atom. The van der Waals surface area contributed by atoms with Gasteiger partial charge in [0, 0.05) is 13.1 Å². The van der Waals surface area contributed by atoms with E-state index in [1.165, 1.54) is 18.1 Å². The van der Waals surface area contributed by atoms with Gasteiger partial charge in [0.05, 0.1) is 7.11 Å². The van der Waals surface area contributed by atoms with Crippen molar-refractivity contribution in [3.8, 4) is 11.5 Å². The van der Waals surface area contributed by atoms with Crippen LogP contribution in [0.15, 0.2) is 18.2 Å².